The molecule has 2 N–H and O–H groups in total. The van der Waals surface area contributed by atoms with Crippen molar-refractivity contribution in [1.82, 2.24) is 15.6 Å². The molecule has 1 atom stereocenters. The van der Waals surface area contributed by atoms with Crippen LogP contribution in [0.4, 0.5) is 0 Å². The van der Waals surface area contributed by atoms with E-state index in [1.54, 1.807) is 18.3 Å². The van der Waals surface area contributed by atoms with Gasteiger partial charge in [0, 0.05) is 30.6 Å². The van der Waals surface area contributed by atoms with Crippen LogP contribution in [0, 0.1) is 0 Å². The fourth-order valence-electron chi connectivity index (χ4n) is 2.52. The maximum Gasteiger partial charge on any atom is 0.264 e. The number of hydrogen-bond donors (Lipinski definition) is 2. The first-order valence-corrected chi connectivity index (χ1v) is 8.92. The zero-order valence-electron chi connectivity index (χ0n) is 14.5. The van der Waals surface area contributed by atoms with Gasteiger partial charge in [0.1, 0.15) is 0 Å². The van der Waals surface area contributed by atoms with E-state index in [2.05, 4.69) is 20.8 Å². The van der Waals surface area contributed by atoms with Crippen LogP contribution in [0.15, 0.2) is 53.8 Å². The van der Waals surface area contributed by atoms with Crippen LogP contribution in [0.3, 0.4) is 0 Å². The number of carbonyl (C=O) groups is 2. The Morgan fingerprint density at radius 2 is 1.96 bits per heavy atom. The molecule has 0 radical (unpaired) electrons. The third-order valence-electron chi connectivity index (χ3n) is 3.98. The second-order valence-electron chi connectivity index (χ2n) is 5.98. The zero-order valence-corrected chi connectivity index (χ0v) is 15.3. The normalized spacial score (nSPS) is 15.6. The van der Waals surface area contributed by atoms with Gasteiger partial charge >= 0.3 is 0 Å². The number of rotatable bonds is 7. The first kappa shape index (κ1) is 18.8. The minimum Gasteiger partial charge on any atom is -0.382 e. The fraction of sp³-hybridized carbons (Fsp3) is 0.263. The topological polar surface area (TPSA) is 92.7 Å². The summed E-state index contributed by atoms with van der Waals surface area (Å²) in [7, 11) is 0. The lowest BCUT2D eigenvalue weighted by Crippen LogP contribution is -2.37. The highest BCUT2D eigenvalue weighted by molar-refractivity contribution is 6.30. The van der Waals surface area contributed by atoms with Crippen LogP contribution in [0.1, 0.15) is 24.1 Å². The highest BCUT2D eigenvalue weighted by Crippen LogP contribution is 2.18. The Balaban J connectivity index is 1.36. The Morgan fingerprint density at radius 3 is 2.70 bits per heavy atom. The van der Waals surface area contributed by atoms with Gasteiger partial charge in [-0.15, -0.1) is 0 Å². The molecule has 0 aliphatic carbocycles. The Bertz CT molecular complexity index is 825. The van der Waals surface area contributed by atoms with Gasteiger partial charge in [-0.1, -0.05) is 35.0 Å². The number of amides is 2. The van der Waals surface area contributed by atoms with Crippen LogP contribution in [0.5, 0.6) is 0 Å². The van der Waals surface area contributed by atoms with Crippen molar-refractivity contribution in [2.75, 3.05) is 6.54 Å². The van der Waals surface area contributed by atoms with Crippen molar-refractivity contribution in [3.8, 4) is 0 Å². The van der Waals surface area contributed by atoms with Gasteiger partial charge in [-0.2, -0.15) is 0 Å². The van der Waals surface area contributed by atoms with Crippen LogP contribution in [0.25, 0.3) is 0 Å². The highest BCUT2D eigenvalue weighted by atomic mass is 35.5. The molecule has 0 spiro atoms. The van der Waals surface area contributed by atoms with E-state index in [0.29, 0.717) is 23.7 Å². The molecule has 1 aliphatic heterocycles. The Labute approximate surface area is 161 Å². The molecule has 140 valence electrons. The maximum absolute atomic E-state index is 12.2. The standard InChI is InChI=1S/C19H19ClN4O3/c20-14-6-4-13(5-7-14)16-11-17(27-24-16)19(26)22-10-8-18(25)23-12-15-3-1-2-9-21-15/h1-7,9,17H,8,10-12H2,(H,22,26)(H,23,25). The van der Waals surface area contributed by atoms with Crippen LogP contribution < -0.4 is 10.6 Å². The summed E-state index contributed by atoms with van der Waals surface area (Å²) in [6, 6.07) is 12.7. The van der Waals surface area contributed by atoms with E-state index in [4.69, 9.17) is 16.4 Å². The van der Waals surface area contributed by atoms with Gasteiger partial charge in [0.05, 0.1) is 18.0 Å². The third kappa shape index (κ3) is 5.52. The van der Waals surface area contributed by atoms with Crippen molar-refractivity contribution < 1.29 is 14.4 Å². The summed E-state index contributed by atoms with van der Waals surface area (Å²) in [6.45, 7) is 0.584. The molecule has 27 heavy (non-hydrogen) atoms. The molecular weight excluding hydrogens is 368 g/mol. The molecule has 0 saturated heterocycles. The minimum absolute atomic E-state index is 0.161. The summed E-state index contributed by atoms with van der Waals surface area (Å²) in [6.07, 6.45) is 1.53. The average molecular weight is 387 g/mol. The lowest BCUT2D eigenvalue weighted by atomic mass is 10.0. The van der Waals surface area contributed by atoms with Crippen LogP contribution >= 0.6 is 11.6 Å². The van der Waals surface area contributed by atoms with Gasteiger partial charge < -0.3 is 15.5 Å². The summed E-state index contributed by atoms with van der Waals surface area (Å²) in [5.74, 6) is -0.452. The van der Waals surface area contributed by atoms with Crippen molar-refractivity contribution >= 4 is 29.1 Å². The quantitative estimate of drug-likeness (QED) is 0.761. The number of halogens is 1. The maximum atomic E-state index is 12.2. The number of benzene rings is 1. The van der Waals surface area contributed by atoms with Crippen molar-refractivity contribution in [1.29, 1.82) is 0 Å². The summed E-state index contributed by atoms with van der Waals surface area (Å²) in [5.41, 5.74) is 2.34. The lowest BCUT2D eigenvalue weighted by Gasteiger charge is -2.09. The van der Waals surface area contributed by atoms with Gasteiger partial charge in [-0.25, -0.2) is 0 Å². The van der Waals surface area contributed by atoms with Crippen molar-refractivity contribution in [2.24, 2.45) is 5.16 Å². The highest BCUT2D eigenvalue weighted by Gasteiger charge is 2.28. The molecule has 1 aliphatic rings. The fourth-order valence-corrected chi connectivity index (χ4v) is 2.65. The second kappa shape index (κ2) is 9.14. The molecular formula is C19H19ClN4O3. The molecule has 3 rings (SSSR count). The second-order valence-corrected chi connectivity index (χ2v) is 6.42. The largest absolute Gasteiger partial charge is 0.382 e. The average Bonchev–Trinajstić information content (AvgIpc) is 3.18. The number of oxime groups is 1. The van der Waals surface area contributed by atoms with Crippen LogP contribution in [-0.2, 0) is 21.0 Å². The lowest BCUT2D eigenvalue weighted by molar-refractivity contribution is -0.131. The third-order valence-corrected chi connectivity index (χ3v) is 4.23. The predicted octanol–water partition coefficient (Wildman–Crippen LogP) is 2.05. The smallest absolute Gasteiger partial charge is 0.264 e. The van der Waals surface area contributed by atoms with E-state index in [1.807, 2.05) is 30.3 Å². The summed E-state index contributed by atoms with van der Waals surface area (Å²) in [4.78, 5) is 33.3. The SMILES string of the molecule is O=C(CCNC(=O)C1CC(c2ccc(Cl)cc2)=NO1)NCc1ccccn1. The van der Waals surface area contributed by atoms with Gasteiger partial charge in [0.25, 0.3) is 5.91 Å². The summed E-state index contributed by atoms with van der Waals surface area (Å²) >= 11 is 5.87. The molecule has 0 bridgehead atoms. The van der Waals surface area contributed by atoms with Crippen LogP contribution in [0.2, 0.25) is 5.02 Å². The van der Waals surface area contributed by atoms with Crippen molar-refractivity contribution in [3.63, 3.8) is 0 Å². The van der Waals surface area contributed by atoms with Crippen molar-refractivity contribution in [2.45, 2.75) is 25.5 Å². The van der Waals surface area contributed by atoms with Gasteiger partial charge in [0.2, 0.25) is 12.0 Å². The molecule has 1 aromatic carbocycles. The van der Waals surface area contributed by atoms with Gasteiger partial charge in [-0.3, -0.25) is 14.6 Å². The molecule has 1 aromatic heterocycles. The van der Waals surface area contributed by atoms with E-state index < -0.39 is 6.10 Å². The Kier molecular flexibility index (Phi) is 6.38. The number of aromatic nitrogens is 1. The molecule has 0 saturated carbocycles. The molecule has 2 amide bonds. The van der Waals surface area contributed by atoms with E-state index in [-0.39, 0.29) is 24.8 Å². The number of nitrogens with one attached hydrogen (secondary N) is 2. The summed E-state index contributed by atoms with van der Waals surface area (Å²) < 4.78 is 0. The van der Waals surface area contributed by atoms with Gasteiger partial charge in [0.15, 0.2) is 0 Å². The first-order valence-electron chi connectivity index (χ1n) is 8.55. The first-order chi connectivity index (χ1) is 13.1. The molecule has 2 aromatic rings. The van der Waals surface area contributed by atoms with E-state index >= 15 is 0 Å². The summed E-state index contributed by atoms with van der Waals surface area (Å²) in [5, 5.41) is 10.1. The molecule has 1 unspecified atom stereocenters. The Morgan fingerprint density at radius 1 is 1.15 bits per heavy atom. The minimum atomic E-state index is -0.688. The van der Waals surface area contributed by atoms with Crippen molar-refractivity contribution in [3.05, 3.63) is 64.9 Å². The number of carbonyl (C=O) groups excluding carboxylic acids is 2. The number of hydrogen-bond acceptors (Lipinski definition) is 5. The molecule has 8 heteroatoms. The predicted molar refractivity (Wildman–Crippen MR) is 101 cm³/mol. The monoisotopic (exact) mass is 386 g/mol. The van der Waals surface area contributed by atoms with E-state index in [1.165, 1.54) is 0 Å². The van der Waals surface area contributed by atoms with E-state index in [9.17, 15) is 9.59 Å². The molecule has 2 heterocycles. The van der Waals surface area contributed by atoms with Crippen LogP contribution in [-0.4, -0.2) is 35.2 Å². The van der Waals surface area contributed by atoms with E-state index in [0.717, 1.165) is 11.3 Å². The number of pyridine rings is 1. The zero-order chi connectivity index (χ0) is 19.1. The Hall–Kier alpha value is -2.93. The number of nitrogens with zero attached hydrogens (tertiary/aromatic N) is 2. The molecule has 0 fully saturated rings. The molecule has 7 nitrogen and oxygen atoms in total. The van der Waals surface area contributed by atoms with Gasteiger partial charge in [-0.05, 0) is 29.8 Å².